The van der Waals surface area contributed by atoms with Crippen molar-refractivity contribution in [3.05, 3.63) is 35.4 Å². The summed E-state index contributed by atoms with van der Waals surface area (Å²) in [5.74, 6) is -0.595. The number of thioether (sulfide) groups is 1. The van der Waals surface area contributed by atoms with Crippen LogP contribution in [0.3, 0.4) is 0 Å². The lowest BCUT2D eigenvalue weighted by atomic mass is 10.1. The van der Waals surface area contributed by atoms with Crippen molar-refractivity contribution in [3.63, 3.8) is 0 Å². The van der Waals surface area contributed by atoms with Gasteiger partial charge in [0.2, 0.25) is 0 Å². The molecule has 0 atom stereocenters. The number of carbonyl (C=O) groups excluding carboxylic acids is 2. The Morgan fingerprint density at radius 1 is 1.13 bits per heavy atom. The van der Waals surface area contributed by atoms with Crippen molar-refractivity contribution >= 4 is 29.7 Å². The smallest absolute Gasteiger partial charge is 0.263 e. The minimum atomic E-state index is -0.297. The predicted molar refractivity (Wildman–Crippen MR) is 59.3 cm³/mol. The van der Waals surface area contributed by atoms with Gasteiger partial charge in [-0.25, -0.2) is 0 Å². The molecule has 0 unspecified atom stereocenters. The van der Waals surface area contributed by atoms with E-state index < -0.39 is 0 Å². The molecule has 1 aromatic rings. The molecule has 0 bridgehead atoms. The molecule has 1 aliphatic heterocycles. The second-order valence-electron chi connectivity index (χ2n) is 3.11. The van der Waals surface area contributed by atoms with E-state index in [1.807, 2.05) is 30.5 Å². The summed E-state index contributed by atoms with van der Waals surface area (Å²) in [7, 11) is 0. The molecule has 2 amide bonds. The third kappa shape index (κ3) is 1.94. The highest BCUT2D eigenvalue weighted by Gasteiger charge is 2.29. The topological polar surface area (TPSA) is 46.2 Å². The molecule has 15 heavy (non-hydrogen) atoms. The first kappa shape index (κ1) is 9.98. The minimum absolute atomic E-state index is 0.229. The van der Waals surface area contributed by atoms with E-state index in [0.29, 0.717) is 0 Å². The summed E-state index contributed by atoms with van der Waals surface area (Å²) in [5, 5.41) is 2.15. The highest BCUT2D eigenvalue weighted by atomic mass is 32.2. The van der Waals surface area contributed by atoms with Crippen LogP contribution in [0.15, 0.2) is 34.7 Å². The van der Waals surface area contributed by atoms with Gasteiger partial charge in [0.1, 0.15) is 5.57 Å². The highest BCUT2D eigenvalue weighted by molar-refractivity contribution is 7.98. The van der Waals surface area contributed by atoms with Crippen LogP contribution in [0.25, 0.3) is 6.08 Å². The lowest BCUT2D eigenvalue weighted by molar-refractivity contribution is -0.134. The summed E-state index contributed by atoms with van der Waals surface area (Å²) in [6.45, 7) is 0. The molecular weight excluding hydrogens is 210 g/mol. The van der Waals surface area contributed by atoms with Crippen LogP contribution in [0.1, 0.15) is 5.56 Å². The van der Waals surface area contributed by atoms with Gasteiger partial charge < -0.3 is 0 Å². The van der Waals surface area contributed by atoms with Crippen molar-refractivity contribution in [1.82, 2.24) is 5.32 Å². The summed E-state index contributed by atoms with van der Waals surface area (Å²) < 4.78 is 0. The maximum Gasteiger partial charge on any atom is 0.263 e. The van der Waals surface area contributed by atoms with Gasteiger partial charge in [0.05, 0.1) is 0 Å². The first-order chi connectivity index (χ1) is 7.20. The van der Waals surface area contributed by atoms with Gasteiger partial charge in [-0.15, -0.1) is 11.8 Å². The van der Waals surface area contributed by atoms with Gasteiger partial charge in [0.25, 0.3) is 11.8 Å². The van der Waals surface area contributed by atoms with Crippen LogP contribution in [0, 0.1) is 0 Å². The number of benzene rings is 1. The summed E-state index contributed by atoms with van der Waals surface area (Å²) in [6, 6.07) is 7.69. The first-order valence-corrected chi connectivity index (χ1v) is 5.64. The van der Waals surface area contributed by atoms with E-state index >= 15 is 0 Å². The molecule has 0 aromatic heterocycles. The zero-order chi connectivity index (χ0) is 10.8. The molecule has 0 radical (unpaired) electrons. The molecular formula is C11H9NO2S. The molecule has 1 saturated heterocycles. The van der Waals surface area contributed by atoms with Crippen molar-refractivity contribution in [2.45, 2.75) is 4.90 Å². The number of hydrogen-bond acceptors (Lipinski definition) is 3. The van der Waals surface area contributed by atoms with Crippen LogP contribution in [-0.4, -0.2) is 18.1 Å². The molecule has 0 spiro atoms. The van der Waals surface area contributed by atoms with Gasteiger partial charge in [0.15, 0.2) is 0 Å². The van der Waals surface area contributed by atoms with Crippen LogP contribution >= 0.6 is 11.8 Å². The fourth-order valence-corrected chi connectivity index (χ4v) is 1.68. The number of nitrogens with one attached hydrogen (secondary N) is 1. The van der Waals surface area contributed by atoms with Gasteiger partial charge in [-0.3, -0.25) is 14.9 Å². The monoisotopic (exact) mass is 219 g/mol. The standard InChI is InChI=1S/C11H9NO2S/c1-15-8-4-2-7(3-5-8)6-9-10(13)12-11(9)14/h2-6H,1H3,(H,12,13,14). The second-order valence-corrected chi connectivity index (χ2v) is 3.99. The zero-order valence-corrected chi connectivity index (χ0v) is 8.93. The number of amides is 2. The van der Waals surface area contributed by atoms with Gasteiger partial charge >= 0.3 is 0 Å². The molecule has 1 aliphatic rings. The Labute approximate surface area is 91.6 Å². The van der Waals surface area contributed by atoms with Crippen LogP contribution in [-0.2, 0) is 9.59 Å². The van der Waals surface area contributed by atoms with Gasteiger partial charge in [-0.05, 0) is 30.0 Å². The molecule has 0 saturated carbocycles. The predicted octanol–water partition coefficient (Wildman–Crippen LogP) is 1.45. The Hall–Kier alpha value is -1.55. The Bertz CT molecular complexity index is 432. The molecule has 1 heterocycles. The van der Waals surface area contributed by atoms with E-state index in [0.717, 1.165) is 10.5 Å². The van der Waals surface area contributed by atoms with Crippen molar-refractivity contribution in [2.24, 2.45) is 0 Å². The molecule has 1 aromatic carbocycles. The Morgan fingerprint density at radius 2 is 1.73 bits per heavy atom. The van der Waals surface area contributed by atoms with E-state index in [2.05, 4.69) is 5.32 Å². The van der Waals surface area contributed by atoms with Crippen molar-refractivity contribution in [1.29, 1.82) is 0 Å². The first-order valence-electron chi connectivity index (χ1n) is 4.42. The number of rotatable bonds is 2. The molecule has 4 heteroatoms. The van der Waals surface area contributed by atoms with E-state index in [9.17, 15) is 9.59 Å². The van der Waals surface area contributed by atoms with Gasteiger partial charge in [-0.2, -0.15) is 0 Å². The van der Waals surface area contributed by atoms with Crippen LogP contribution in [0.2, 0.25) is 0 Å². The van der Waals surface area contributed by atoms with Crippen LogP contribution in [0.5, 0.6) is 0 Å². The fraction of sp³-hybridized carbons (Fsp3) is 0.0909. The maximum absolute atomic E-state index is 11.0. The molecule has 76 valence electrons. The third-order valence-electron chi connectivity index (χ3n) is 2.14. The minimum Gasteiger partial charge on any atom is -0.288 e. The van der Waals surface area contributed by atoms with Crippen molar-refractivity contribution < 1.29 is 9.59 Å². The summed E-state index contributed by atoms with van der Waals surface area (Å²) >= 11 is 1.65. The lowest BCUT2D eigenvalue weighted by Gasteiger charge is -2.15. The van der Waals surface area contributed by atoms with Crippen LogP contribution in [0.4, 0.5) is 0 Å². The number of hydrogen-bond donors (Lipinski definition) is 1. The average molecular weight is 219 g/mol. The molecule has 3 nitrogen and oxygen atoms in total. The SMILES string of the molecule is CSc1ccc(C=C2C(=O)NC2=O)cc1. The zero-order valence-electron chi connectivity index (χ0n) is 8.11. The maximum atomic E-state index is 11.0. The molecule has 1 N–H and O–H groups in total. The van der Waals surface area contributed by atoms with E-state index in [1.165, 1.54) is 0 Å². The molecule has 1 fully saturated rings. The van der Waals surface area contributed by atoms with E-state index in [-0.39, 0.29) is 17.4 Å². The summed E-state index contributed by atoms with van der Waals surface area (Å²) in [5.41, 5.74) is 1.10. The lowest BCUT2D eigenvalue weighted by Crippen LogP contribution is -2.47. The highest BCUT2D eigenvalue weighted by Crippen LogP contribution is 2.17. The Morgan fingerprint density at radius 3 is 2.20 bits per heavy atom. The van der Waals surface area contributed by atoms with E-state index in [1.54, 1.807) is 17.8 Å². The molecule has 0 aliphatic carbocycles. The molecule has 2 rings (SSSR count). The number of β-lactam (4-membered cyclic amide) rings is 2. The van der Waals surface area contributed by atoms with Crippen molar-refractivity contribution in [2.75, 3.05) is 6.26 Å². The number of imide groups is 1. The Balaban J connectivity index is 2.24. The normalized spacial score (nSPS) is 14.6. The Kier molecular flexibility index (Phi) is 2.60. The van der Waals surface area contributed by atoms with Gasteiger partial charge in [-0.1, -0.05) is 12.1 Å². The second kappa shape index (κ2) is 3.90. The van der Waals surface area contributed by atoms with Crippen molar-refractivity contribution in [3.8, 4) is 0 Å². The van der Waals surface area contributed by atoms with E-state index in [4.69, 9.17) is 0 Å². The number of carbonyl (C=O) groups is 2. The van der Waals surface area contributed by atoms with Crippen LogP contribution < -0.4 is 5.32 Å². The summed E-state index contributed by atoms with van der Waals surface area (Å²) in [4.78, 5) is 23.1. The average Bonchev–Trinajstić information content (AvgIpc) is 2.27. The third-order valence-corrected chi connectivity index (χ3v) is 2.89. The largest absolute Gasteiger partial charge is 0.288 e. The summed E-state index contributed by atoms with van der Waals surface area (Å²) in [6.07, 6.45) is 3.60. The van der Waals surface area contributed by atoms with Gasteiger partial charge in [0, 0.05) is 4.90 Å². The quantitative estimate of drug-likeness (QED) is 0.354. The fourth-order valence-electron chi connectivity index (χ4n) is 1.28.